The molecule has 0 aliphatic carbocycles. The SMILES string of the molecule is Cc1ccc(N)c(NC(=O)NCc2ccccc2Cl)c1. The third kappa shape index (κ3) is 3.65. The van der Waals surface area contributed by atoms with Gasteiger partial charge in [0.05, 0.1) is 11.4 Å². The highest BCUT2D eigenvalue weighted by Crippen LogP contribution is 2.19. The van der Waals surface area contributed by atoms with Crippen LogP contribution in [0.3, 0.4) is 0 Å². The third-order valence-corrected chi connectivity index (χ3v) is 3.22. The van der Waals surface area contributed by atoms with Gasteiger partial charge in [-0.2, -0.15) is 0 Å². The van der Waals surface area contributed by atoms with Gasteiger partial charge in [0.25, 0.3) is 0 Å². The lowest BCUT2D eigenvalue weighted by Crippen LogP contribution is -2.28. The van der Waals surface area contributed by atoms with E-state index in [9.17, 15) is 4.79 Å². The first-order valence-electron chi connectivity index (χ1n) is 6.20. The molecule has 0 aromatic heterocycles. The molecule has 4 nitrogen and oxygen atoms in total. The molecule has 0 atom stereocenters. The third-order valence-electron chi connectivity index (χ3n) is 2.85. The van der Waals surface area contributed by atoms with Crippen molar-refractivity contribution in [3.63, 3.8) is 0 Å². The number of carbonyl (C=O) groups is 1. The summed E-state index contributed by atoms with van der Waals surface area (Å²) in [6.45, 7) is 2.30. The van der Waals surface area contributed by atoms with Crippen LogP contribution in [-0.4, -0.2) is 6.03 Å². The molecule has 20 heavy (non-hydrogen) atoms. The van der Waals surface area contributed by atoms with Crippen LogP contribution in [0, 0.1) is 6.92 Å². The molecule has 0 bridgehead atoms. The van der Waals surface area contributed by atoms with Gasteiger partial charge in [-0.05, 0) is 36.2 Å². The van der Waals surface area contributed by atoms with Gasteiger partial charge in [-0.25, -0.2) is 4.79 Å². The minimum atomic E-state index is -0.317. The second-order valence-electron chi connectivity index (χ2n) is 4.49. The second kappa shape index (κ2) is 6.30. The molecule has 0 radical (unpaired) electrons. The average molecular weight is 290 g/mol. The van der Waals surface area contributed by atoms with Crippen LogP contribution in [0.5, 0.6) is 0 Å². The fourth-order valence-electron chi connectivity index (χ4n) is 1.76. The highest BCUT2D eigenvalue weighted by Gasteiger charge is 2.06. The van der Waals surface area contributed by atoms with Crippen LogP contribution in [-0.2, 0) is 6.54 Å². The molecule has 0 aliphatic rings. The molecule has 4 N–H and O–H groups in total. The Morgan fingerprint density at radius 3 is 2.75 bits per heavy atom. The van der Waals surface area contributed by atoms with Crippen molar-refractivity contribution in [1.29, 1.82) is 0 Å². The fraction of sp³-hybridized carbons (Fsp3) is 0.133. The zero-order valence-electron chi connectivity index (χ0n) is 11.1. The standard InChI is InChI=1S/C15H16ClN3O/c1-10-6-7-13(17)14(8-10)19-15(20)18-9-11-4-2-3-5-12(11)16/h2-8H,9,17H2,1H3,(H2,18,19,20). The molecule has 104 valence electrons. The maximum Gasteiger partial charge on any atom is 0.319 e. The van der Waals surface area contributed by atoms with Crippen LogP contribution in [0.15, 0.2) is 42.5 Å². The highest BCUT2D eigenvalue weighted by atomic mass is 35.5. The first kappa shape index (κ1) is 14.2. The number of rotatable bonds is 3. The number of nitrogens with one attached hydrogen (secondary N) is 2. The second-order valence-corrected chi connectivity index (χ2v) is 4.90. The molecule has 2 aromatic carbocycles. The summed E-state index contributed by atoms with van der Waals surface area (Å²) >= 11 is 6.02. The van der Waals surface area contributed by atoms with E-state index in [-0.39, 0.29) is 6.03 Å². The van der Waals surface area contributed by atoms with Crippen molar-refractivity contribution in [3.05, 3.63) is 58.6 Å². The lowest BCUT2D eigenvalue weighted by molar-refractivity contribution is 0.252. The molecule has 2 amide bonds. The van der Waals surface area contributed by atoms with E-state index in [1.54, 1.807) is 12.1 Å². The molecule has 0 fully saturated rings. The van der Waals surface area contributed by atoms with Crippen molar-refractivity contribution in [2.45, 2.75) is 13.5 Å². The van der Waals surface area contributed by atoms with E-state index in [2.05, 4.69) is 10.6 Å². The van der Waals surface area contributed by atoms with Crippen LogP contribution in [0.4, 0.5) is 16.2 Å². The van der Waals surface area contributed by atoms with Gasteiger partial charge in [-0.15, -0.1) is 0 Å². The topological polar surface area (TPSA) is 67.1 Å². The molecule has 0 heterocycles. The number of benzene rings is 2. The number of nitrogens with two attached hydrogens (primary N) is 1. The molecule has 2 aromatic rings. The van der Waals surface area contributed by atoms with Gasteiger partial charge in [0.15, 0.2) is 0 Å². The molecular weight excluding hydrogens is 274 g/mol. The van der Waals surface area contributed by atoms with Crippen LogP contribution >= 0.6 is 11.6 Å². The van der Waals surface area contributed by atoms with E-state index in [1.165, 1.54) is 0 Å². The van der Waals surface area contributed by atoms with Gasteiger partial charge in [-0.3, -0.25) is 0 Å². The van der Waals surface area contributed by atoms with Gasteiger partial charge in [0, 0.05) is 11.6 Å². The fourth-order valence-corrected chi connectivity index (χ4v) is 1.96. The number of aryl methyl sites for hydroxylation is 1. The Morgan fingerprint density at radius 1 is 1.25 bits per heavy atom. The van der Waals surface area contributed by atoms with Crippen LogP contribution < -0.4 is 16.4 Å². The number of halogens is 1. The van der Waals surface area contributed by atoms with Gasteiger partial charge in [0.1, 0.15) is 0 Å². The summed E-state index contributed by atoms with van der Waals surface area (Å²) in [7, 11) is 0. The molecule has 0 spiro atoms. The Morgan fingerprint density at radius 2 is 2.00 bits per heavy atom. The maximum absolute atomic E-state index is 11.8. The number of carbonyl (C=O) groups excluding carboxylic acids is 1. The van der Waals surface area contributed by atoms with Crippen molar-refractivity contribution in [2.24, 2.45) is 0 Å². The minimum Gasteiger partial charge on any atom is -0.397 e. The first-order valence-corrected chi connectivity index (χ1v) is 6.58. The summed E-state index contributed by atoms with van der Waals surface area (Å²) in [5.41, 5.74) is 8.83. The van der Waals surface area contributed by atoms with E-state index in [0.29, 0.717) is 22.9 Å². The van der Waals surface area contributed by atoms with Gasteiger partial charge >= 0.3 is 6.03 Å². The highest BCUT2D eigenvalue weighted by molar-refractivity contribution is 6.31. The predicted molar refractivity (Wildman–Crippen MR) is 82.9 cm³/mol. The zero-order chi connectivity index (χ0) is 14.5. The largest absolute Gasteiger partial charge is 0.397 e. The average Bonchev–Trinajstić information content (AvgIpc) is 2.42. The quantitative estimate of drug-likeness (QED) is 0.756. The molecule has 2 rings (SSSR count). The first-order chi connectivity index (χ1) is 9.56. The van der Waals surface area contributed by atoms with Crippen LogP contribution in [0.2, 0.25) is 5.02 Å². The lowest BCUT2D eigenvalue weighted by atomic mass is 10.2. The van der Waals surface area contributed by atoms with Gasteiger partial charge in [-0.1, -0.05) is 35.9 Å². The van der Waals surface area contributed by atoms with Crippen molar-refractivity contribution in [2.75, 3.05) is 11.1 Å². The zero-order valence-corrected chi connectivity index (χ0v) is 11.9. The van der Waals surface area contributed by atoms with Crippen molar-refractivity contribution in [1.82, 2.24) is 5.32 Å². The summed E-state index contributed by atoms with van der Waals surface area (Å²) < 4.78 is 0. The van der Waals surface area contributed by atoms with Crippen LogP contribution in [0.1, 0.15) is 11.1 Å². The molecule has 0 saturated heterocycles. The lowest BCUT2D eigenvalue weighted by Gasteiger charge is -2.11. The van der Waals surface area contributed by atoms with Gasteiger partial charge in [0.2, 0.25) is 0 Å². The Kier molecular flexibility index (Phi) is 4.48. The van der Waals surface area contributed by atoms with Crippen molar-refractivity contribution >= 4 is 29.0 Å². The Hall–Kier alpha value is -2.20. The summed E-state index contributed by atoms with van der Waals surface area (Å²) in [6, 6.07) is 12.5. The van der Waals surface area contributed by atoms with Crippen molar-refractivity contribution in [3.8, 4) is 0 Å². The van der Waals surface area contributed by atoms with Crippen LogP contribution in [0.25, 0.3) is 0 Å². The summed E-state index contributed by atoms with van der Waals surface area (Å²) in [4.78, 5) is 11.8. The number of hydrogen-bond acceptors (Lipinski definition) is 2. The molecular formula is C15H16ClN3O. The predicted octanol–water partition coefficient (Wildman–Crippen LogP) is 3.55. The minimum absolute atomic E-state index is 0.317. The Bertz CT molecular complexity index is 628. The number of anilines is 2. The normalized spacial score (nSPS) is 10.1. The number of urea groups is 1. The summed E-state index contributed by atoms with van der Waals surface area (Å²) in [5.74, 6) is 0. The van der Waals surface area contributed by atoms with E-state index in [1.807, 2.05) is 37.3 Å². The van der Waals surface area contributed by atoms with E-state index in [0.717, 1.165) is 11.1 Å². The number of nitrogen functional groups attached to an aromatic ring is 1. The Labute approximate surface area is 122 Å². The maximum atomic E-state index is 11.8. The Balaban J connectivity index is 1.96. The molecule has 0 saturated carbocycles. The smallest absolute Gasteiger partial charge is 0.319 e. The monoisotopic (exact) mass is 289 g/mol. The summed E-state index contributed by atoms with van der Waals surface area (Å²) in [5, 5.41) is 6.10. The van der Waals surface area contributed by atoms with Gasteiger partial charge < -0.3 is 16.4 Å². The van der Waals surface area contributed by atoms with E-state index < -0.39 is 0 Å². The molecule has 0 aliphatic heterocycles. The molecule has 5 heteroatoms. The summed E-state index contributed by atoms with van der Waals surface area (Å²) in [6.07, 6.45) is 0. The molecule has 0 unspecified atom stereocenters. The number of hydrogen-bond donors (Lipinski definition) is 3. The van der Waals surface area contributed by atoms with Crippen molar-refractivity contribution < 1.29 is 4.79 Å². The van der Waals surface area contributed by atoms with E-state index >= 15 is 0 Å². The van der Waals surface area contributed by atoms with E-state index in [4.69, 9.17) is 17.3 Å². The number of amides is 2.